The van der Waals surface area contributed by atoms with E-state index in [1.165, 1.54) is 6.08 Å². The van der Waals surface area contributed by atoms with Gasteiger partial charge in [0.15, 0.2) is 6.61 Å². The van der Waals surface area contributed by atoms with Gasteiger partial charge in [0.05, 0.1) is 12.6 Å². The van der Waals surface area contributed by atoms with E-state index < -0.39 is 5.97 Å². The molecule has 0 N–H and O–H groups in total. The summed E-state index contributed by atoms with van der Waals surface area (Å²) in [5.74, 6) is -0.812. The molecule has 0 spiro atoms. The van der Waals surface area contributed by atoms with E-state index >= 15 is 0 Å². The summed E-state index contributed by atoms with van der Waals surface area (Å²) in [5, 5.41) is 0.582. The number of carbonyl (C=O) groups is 2. The van der Waals surface area contributed by atoms with Gasteiger partial charge in [-0.25, -0.2) is 4.79 Å². The van der Waals surface area contributed by atoms with E-state index in [-0.39, 0.29) is 18.4 Å². The first kappa shape index (κ1) is 20.9. The maximum atomic E-state index is 12.5. The highest BCUT2D eigenvalue weighted by Crippen LogP contribution is 2.21. The van der Waals surface area contributed by atoms with Crippen molar-refractivity contribution >= 4 is 29.4 Å². The van der Waals surface area contributed by atoms with Crippen LogP contribution in [0.5, 0.6) is 0 Å². The van der Waals surface area contributed by atoms with E-state index in [0.29, 0.717) is 17.2 Å². The molecule has 27 heavy (non-hydrogen) atoms. The number of carbonyl (C=O) groups excluding carboxylic acids is 2. The summed E-state index contributed by atoms with van der Waals surface area (Å²) in [6.45, 7) is 6.09. The van der Waals surface area contributed by atoms with Crippen LogP contribution in [0.2, 0.25) is 5.02 Å². The number of ketones is 1. The second-order valence-electron chi connectivity index (χ2n) is 6.38. The first-order valence-corrected chi connectivity index (χ1v) is 9.02. The second-order valence-corrected chi connectivity index (χ2v) is 6.81. The molecule has 0 radical (unpaired) electrons. The Morgan fingerprint density at radius 3 is 2.67 bits per heavy atom. The van der Waals surface area contributed by atoms with Gasteiger partial charge in [-0.3, -0.25) is 4.79 Å². The van der Waals surface area contributed by atoms with Crippen LogP contribution in [0.3, 0.4) is 0 Å². The molecule has 1 heterocycles. The fraction of sp³-hybridized carbons (Fsp3) is 0.333. The van der Waals surface area contributed by atoms with Gasteiger partial charge >= 0.3 is 5.97 Å². The zero-order chi connectivity index (χ0) is 20.0. The smallest absolute Gasteiger partial charge is 0.331 e. The number of aromatic nitrogens is 1. The number of methoxy groups -OCH3 is 1. The van der Waals surface area contributed by atoms with E-state index in [9.17, 15) is 9.59 Å². The van der Waals surface area contributed by atoms with Gasteiger partial charge in [-0.05, 0) is 50.6 Å². The Balaban J connectivity index is 1.99. The normalized spacial score (nSPS) is 12.3. The van der Waals surface area contributed by atoms with Crippen LogP contribution in [0.25, 0.3) is 6.08 Å². The maximum Gasteiger partial charge on any atom is 0.331 e. The molecule has 0 saturated heterocycles. The van der Waals surface area contributed by atoms with Gasteiger partial charge in [-0.2, -0.15) is 0 Å². The molecular weight excluding hydrogens is 366 g/mol. The fourth-order valence-electron chi connectivity index (χ4n) is 3.09. The van der Waals surface area contributed by atoms with Gasteiger partial charge in [0.25, 0.3) is 0 Å². The second kappa shape index (κ2) is 9.53. The van der Waals surface area contributed by atoms with Crippen LogP contribution >= 0.6 is 11.6 Å². The number of benzene rings is 1. The lowest BCUT2D eigenvalue weighted by Gasteiger charge is -2.17. The predicted octanol–water partition coefficient (Wildman–Crippen LogP) is 4.41. The molecule has 6 heteroatoms. The van der Waals surface area contributed by atoms with Gasteiger partial charge in [0.2, 0.25) is 5.78 Å². The lowest BCUT2D eigenvalue weighted by atomic mass is 10.1. The van der Waals surface area contributed by atoms with Crippen molar-refractivity contribution in [3.63, 3.8) is 0 Å². The Kier molecular flexibility index (Phi) is 7.39. The highest BCUT2D eigenvalue weighted by molar-refractivity contribution is 6.30. The zero-order valence-corrected chi connectivity index (χ0v) is 16.7. The highest BCUT2D eigenvalue weighted by atomic mass is 35.5. The Labute approximate surface area is 164 Å². The van der Waals surface area contributed by atoms with Crippen LogP contribution in [0.1, 0.15) is 40.3 Å². The third-order valence-corrected chi connectivity index (χ3v) is 4.47. The molecule has 0 aliphatic rings. The van der Waals surface area contributed by atoms with Crippen LogP contribution in [0.4, 0.5) is 0 Å². The summed E-state index contributed by atoms with van der Waals surface area (Å²) in [6, 6.07) is 9.01. The molecule has 2 aromatic rings. The Morgan fingerprint density at radius 1 is 1.26 bits per heavy atom. The van der Waals surface area contributed by atoms with Crippen molar-refractivity contribution in [3.8, 4) is 0 Å². The van der Waals surface area contributed by atoms with Gasteiger partial charge < -0.3 is 14.0 Å². The largest absolute Gasteiger partial charge is 0.454 e. The third kappa shape index (κ3) is 5.55. The van der Waals surface area contributed by atoms with E-state index in [1.807, 2.05) is 32.9 Å². The zero-order valence-electron chi connectivity index (χ0n) is 16.0. The van der Waals surface area contributed by atoms with Crippen LogP contribution in [-0.2, 0) is 14.3 Å². The number of Topliss-reactive ketones (excluding diaryl/α,β-unsaturated/α-hetero) is 1. The number of ether oxygens (including phenoxy) is 2. The first-order chi connectivity index (χ1) is 12.8. The molecule has 1 aromatic carbocycles. The van der Waals surface area contributed by atoms with Crippen molar-refractivity contribution < 1.29 is 19.1 Å². The van der Waals surface area contributed by atoms with Crippen molar-refractivity contribution in [1.29, 1.82) is 0 Å². The molecular formula is C21H24ClNO4. The van der Waals surface area contributed by atoms with Crippen molar-refractivity contribution in [2.45, 2.75) is 26.8 Å². The van der Waals surface area contributed by atoms with E-state index in [0.717, 1.165) is 17.0 Å². The molecule has 5 nitrogen and oxygen atoms in total. The minimum absolute atomic E-state index is 0.111. The molecule has 0 bridgehead atoms. The number of rotatable bonds is 8. The van der Waals surface area contributed by atoms with Gasteiger partial charge in [0.1, 0.15) is 0 Å². The number of hydrogen-bond donors (Lipinski definition) is 0. The quantitative estimate of drug-likeness (QED) is 0.381. The topological polar surface area (TPSA) is 57.5 Å². The molecule has 0 unspecified atom stereocenters. The molecule has 0 aliphatic carbocycles. The number of hydrogen-bond acceptors (Lipinski definition) is 4. The minimum atomic E-state index is -0.579. The summed E-state index contributed by atoms with van der Waals surface area (Å²) < 4.78 is 12.3. The molecule has 2 rings (SSSR count). The summed E-state index contributed by atoms with van der Waals surface area (Å²) in [6.07, 6.45) is 2.87. The molecule has 0 saturated carbocycles. The molecule has 144 valence electrons. The van der Waals surface area contributed by atoms with Crippen LogP contribution < -0.4 is 0 Å². The lowest BCUT2D eigenvalue weighted by Crippen LogP contribution is -2.16. The maximum absolute atomic E-state index is 12.5. The fourth-order valence-corrected chi connectivity index (χ4v) is 3.29. The van der Waals surface area contributed by atoms with E-state index in [2.05, 4.69) is 4.57 Å². The Bertz CT molecular complexity index is 854. The van der Waals surface area contributed by atoms with Crippen LogP contribution in [0.15, 0.2) is 36.4 Å². The standard InChI is InChI=1S/C21H24ClNO4/c1-14-10-19(16(3)23(14)15(2)12-26-4)20(24)13-27-21(25)9-8-17-6-5-7-18(22)11-17/h5-11,15H,12-13H2,1-4H3/b9-8+/t15-/m0/s1. The number of aryl methyl sites for hydroxylation is 1. The predicted molar refractivity (Wildman–Crippen MR) is 106 cm³/mol. The SMILES string of the molecule is COC[C@H](C)n1c(C)cc(C(=O)COC(=O)/C=C/c2cccc(Cl)c2)c1C. The third-order valence-electron chi connectivity index (χ3n) is 4.24. The molecule has 0 fully saturated rings. The van der Waals surface area contributed by atoms with E-state index in [1.54, 1.807) is 31.4 Å². The average Bonchev–Trinajstić information content (AvgIpc) is 2.92. The number of halogens is 1. The summed E-state index contributed by atoms with van der Waals surface area (Å²) >= 11 is 5.90. The summed E-state index contributed by atoms with van der Waals surface area (Å²) in [4.78, 5) is 24.3. The van der Waals surface area contributed by atoms with Crippen molar-refractivity contribution in [2.75, 3.05) is 20.3 Å². The molecule has 1 aromatic heterocycles. The summed E-state index contributed by atoms with van der Waals surface area (Å²) in [5.41, 5.74) is 3.14. The molecule has 0 amide bonds. The summed E-state index contributed by atoms with van der Waals surface area (Å²) in [7, 11) is 1.65. The molecule has 1 atom stereocenters. The van der Waals surface area contributed by atoms with E-state index in [4.69, 9.17) is 21.1 Å². The lowest BCUT2D eigenvalue weighted by molar-refractivity contribution is -0.136. The van der Waals surface area contributed by atoms with Gasteiger partial charge in [-0.1, -0.05) is 23.7 Å². The minimum Gasteiger partial charge on any atom is -0.454 e. The monoisotopic (exact) mass is 389 g/mol. The van der Waals surface area contributed by atoms with Crippen molar-refractivity contribution in [1.82, 2.24) is 4.57 Å². The van der Waals surface area contributed by atoms with Gasteiger partial charge in [-0.15, -0.1) is 0 Å². The van der Waals surface area contributed by atoms with Crippen LogP contribution in [-0.4, -0.2) is 36.6 Å². The highest BCUT2D eigenvalue weighted by Gasteiger charge is 2.19. The first-order valence-electron chi connectivity index (χ1n) is 8.64. The van der Waals surface area contributed by atoms with Crippen molar-refractivity contribution in [3.05, 3.63) is 63.9 Å². The number of nitrogens with zero attached hydrogens (tertiary/aromatic N) is 1. The van der Waals surface area contributed by atoms with Crippen molar-refractivity contribution in [2.24, 2.45) is 0 Å². The van der Waals surface area contributed by atoms with Crippen LogP contribution in [0, 0.1) is 13.8 Å². The average molecular weight is 390 g/mol. The van der Waals surface area contributed by atoms with Gasteiger partial charge in [0, 0.05) is 35.2 Å². The Hall–Kier alpha value is -2.37. The molecule has 0 aliphatic heterocycles. The number of esters is 1. The Morgan fingerprint density at radius 2 is 2.00 bits per heavy atom.